The maximum absolute atomic E-state index is 13.3. The Bertz CT molecular complexity index is 1000. The number of aromatic nitrogens is 1. The standard InChI is InChI=1S/C20H21Cl2N3OS.ClH/c1-12-9-13(2)18-17(10-12)27-20(23-18)25(8-7-24(3)4)19(26)15-6-5-14(21)11-16(15)22;/h5-6,9-11H,7-8H2,1-4H3;1H. The molecule has 1 amide bonds. The van der Waals surface area contributed by atoms with E-state index < -0.39 is 0 Å². The van der Waals surface area contributed by atoms with Crippen molar-refractivity contribution in [1.82, 2.24) is 9.88 Å². The first-order chi connectivity index (χ1) is 12.8. The lowest BCUT2D eigenvalue weighted by molar-refractivity contribution is 0.0985. The molecule has 8 heteroatoms. The molecule has 0 unspecified atom stereocenters. The monoisotopic (exact) mass is 457 g/mol. The van der Waals surface area contributed by atoms with Crippen LogP contribution in [0, 0.1) is 13.8 Å². The molecule has 150 valence electrons. The molecule has 1 heterocycles. The van der Waals surface area contributed by atoms with Crippen LogP contribution in [0.3, 0.4) is 0 Å². The number of nitrogens with zero attached hydrogens (tertiary/aromatic N) is 3. The van der Waals surface area contributed by atoms with E-state index in [9.17, 15) is 4.79 Å². The maximum Gasteiger partial charge on any atom is 0.261 e. The number of thiazole rings is 1. The molecule has 0 fully saturated rings. The molecule has 0 bridgehead atoms. The topological polar surface area (TPSA) is 36.4 Å². The minimum Gasteiger partial charge on any atom is -0.308 e. The van der Waals surface area contributed by atoms with Gasteiger partial charge >= 0.3 is 0 Å². The SMILES string of the molecule is Cc1cc(C)c2nc(N(CCN(C)C)C(=O)c3ccc(Cl)cc3Cl)sc2c1.Cl. The third-order valence-electron chi connectivity index (χ3n) is 4.23. The molecule has 0 aliphatic carbocycles. The summed E-state index contributed by atoms with van der Waals surface area (Å²) in [6.45, 7) is 5.34. The smallest absolute Gasteiger partial charge is 0.261 e. The van der Waals surface area contributed by atoms with Crippen LogP contribution < -0.4 is 4.90 Å². The predicted octanol–water partition coefficient (Wildman–Crippen LogP) is 5.85. The lowest BCUT2D eigenvalue weighted by Crippen LogP contribution is -2.36. The molecule has 0 saturated carbocycles. The van der Waals surface area contributed by atoms with E-state index in [1.807, 2.05) is 25.9 Å². The van der Waals surface area contributed by atoms with Gasteiger partial charge in [-0.25, -0.2) is 4.98 Å². The van der Waals surface area contributed by atoms with Crippen LogP contribution >= 0.6 is 46.9 Å². The lowest BCUT2D eigenvalue weighted by Gasteiger charge is -2.22. The van der Waals surface area contributed by atoms with Gasteiger partial charge in [-0.2, -0.15) is 0 Å². The highest BCUT2D eigenvalue weighted by molar-refractivity contribution is 7.22. The molecule has 0 radical (unpaired) electrons. The molecule has 3 rings (SSSR count). The van der Waals surface area contributed by atoms with Crippen molar-refractivity contribution in [3.8, 4) is 0 Å². The van der Waals surface area contributed by atoms with E-state index in [0.717, 1.165) is 15.8 Å². The van der Waals surface area contributed by atoms with Gasteiger partial charge < -0.3 is 4.90 Å². The predicted molar refractivity (Wildman–Crippen MR) is 123 cm³/mol. The second kappa shape index (κ2) is 9.42. The summed E-state index contributed by atoms with van der Waals surface area (Å²) in [4.78, 5) is 21.8. The molecule has 3 aromatic rings. The Balaban J connectivity index is 0.00000280. The Morgan fingerprint density at radius 2 is 1.82 bits per heavy atom. The summed E-state index contributed by atoms with van der Waals surface area (Å²) < 4.78 is 1.08. The number of halogens is 3. The first kappa shape index (κ1) is 22.9. The molecule has 4 nitrogen and oxygen atoms in total. The van der Waals surface area contributed by atoms with E-state index in [1.165, 1.54) is 16.9 Å². The molecular formula is C20H22Cl3N3OS. The van der Waals surface area contributed by atoms with Crippen molar-refractivity contribution < 1.29 is 4.79 Å². The fourth-order valence-corrected chi connectivity index (χ4v) is 4.52. The fourth-order valence-electron chi connectivity index (χ4n) is 2.87. The van der Waals surface area contributed by atoms with Gasteiger partial charge in [-0.15, -0.1) is 12.4 Å². The number of carbonyl (C=O) groups excluding carboxylic acids is 1. The summed E-state index contributed by atoms with van der Waals surface area (Å²) in [6, 6.07) is 9.14. The number of anilines is 1. The fraction of sp³-hybridized carbons (Fsp3) is 0.300. The first-order valence-electron chi connectivity index (χ1n) is 8.55. The molecule has 0 spiro atoms. The molecule has 0 saturated heterocycles. The number of likely N-dealkylation sites (N-methyl/N-ethyl adjacent to an activating group) is 1. The zero-order chi connectivity index (χ0) is 19.7. The van der Waals surface area contributed by atoms with Gasteiger partial charge in [0.25, 0.3) is 5.91 Å². The summed E-state index contributed by atoms with van der Waals surface area (Å²) in [7, 11) is 3.95. The minimum atomic E-state index is -0.174. The number of rotatable bonds is 5. The number of fused-ring (bicyclic) bond motifs is 1. The summed E-state index contributed by atoms with van der Waals surface area (Å²) in [6.07, 6.45) is 0. The maximum atomic E-state index is 13.3. The van der Waals surface area contributed by atoms with E-state index in [2.05, 4.69) is 19.1 Å². The average Bonchev–Trinajstić information content (AvgIpc) is 2.98. The van der Waals surface area contributed by atoms with Crippen LogP contribution in [-0.4, -0.2) is 43.0 Å². The van der Waals surface area contributed by atoms with Gasteiger partial charge in [-0.1, -0.05) is 40.6 Å². The van der Waals surface area contributed by atoms with Crippen LogP contribution in [0.15, 0.2) is 30.3 Å². The number of amides is 1. The number of hydrogen-bond donors (Lipinski definition) is 0. The van der Waals surface area contributed by atoms with E-state index in [1.54, 1.807) is 23.1 Å². The highest BCUT2D eigenvalue weighted by Gasteiger charge is 2.23. The minimum absolute atomic E-state index is 0. The third-order valence-corrected chi connectivity index (χ3v) is 5.80. The number of carbonyl (C=O) groups is 1. The van der Waals surface area contributed by atoms with Crippen LogP contribution in [0.4, 0.5) is 5.13 Å². The molecule has 0 N–H and O–H groups in total. The van der Waals surface area contributed by atoms with E-state index in [0.29, 0.717) is 33.8 Å². The molecular weight excluding hydrogens is 437 g/mol. The van der Waals surface area contributed by atoms with Crippen molar-refractivity contribution in [1.29, 1.82) is 0 Å². The van der Waals surface area contributed by atoms with Gasteiger partial charge in [0.1, 0.15) is 0 Å². The average molecular weight is 459 g/mol. The van der Waals surface area contributed by atoms with Gasteiger partial charge in [0.15, 0.2) is 5.13 Å². The summed E-state index contributed by atoms with van der Waals surface area (Å²) in [5.41, 5.74) is 3.65. The van der Waals surface area contributed by atoms with E-state index in [-0.39, 0.29) is 18.3 Å². The Labute approximate surface area is 185 Å². The first-order valence-corrected chi connectivity index (χ1v) is 10.1. The molecule has 1 aromatic heterocycles. The molecule has 2 aromatic carbocycles. The Morgan fingerprint density at radius 3 is 2.46 bits per heavy atom. The highest BCUT2D eigenvalue weighted by Crippen LogP contribution is 2.33. The van der Waals surface area contributed by atoms with Crippen molar-refractivity contribution in [2.75, 3.05) is 32.1 Å². The number of benzene rings is 2. The van der Waals surface area contributed by atoms with Gasteiger partial charge in [-0.05, 0) is 63.3 Å². The largest absolute Gasteiger partial charge is 0.308 e. The van der Waals surface area contributed by atoms with Crippen LogP contribution in [0.2, 0.25) is 10.0 Å². The van der Waals surface area contributed by atoms with E-state index in [4.69, 9.17) is 28.2 Å². The number of hydrogen-bond acceptors (Lipinski definition) is 4. The second-order valence-electron chi connectivity index (χ2n) is 6.81. The Kier molecular flexibility index (Phi) is 7.71. The van der Waals surface area contributed by atoms with E-state index >= 15 is 0 Å². The van der Waals surface area contributed by atoms with Crippen molar-refractivity contribution in [2.24, 2.45) is 0 Å². The van der Waals surface area contributed by atoms with Crippen LogP contribution in [0.1, 0.15) is 21.5 Å². The highest BCUT2D eigenvalue weighted by atomic mass is 35.5. The third kappa shape index (κ3) is 4.97. The Morgan fingerprint density at radius 1 is 1.11 bits per heavy atom. The van der Waals surface area contributed by atoms with Gasteiger partial charge in [0.05, 0.1) is 20.8 Å². The van der Waals surface area contributed by atoms with Crippen LogP contribution in [-0.2, 0) is 0 Å². The zero-order valence-corrected chi connectivity index (χ0v) is 19.3. The van der Waals surface area contributed by atoms with Gasteiger partial charge in [0.2, 0.25) is 0 Å². The molecule has 0 atom stereocenters. The number of aryl methyl sites for hydroxylation is 2. The van der Waals surface area contributed by atoms with Crippen LogP contribution in [0.5, 0.6) is 0 Å². The van der Waals surface area contributed by atoms with Crippen molar-refractivity contribution in [3.63, 3.8) is 0 Å². The van der Waals surface area contributed by atoms with Crippen LogP contribution in [0.25, 0.3) is 10.2 Å². The zero-order valence-electron chi connectivity index (χ0n) is 16.1. The van der Waals surface area contributed by atoms with Crippen molar-refractivity contribution in [2.45, 2.75) is 13.8 Å². The van der Waals surface area contributed by atoms with Crippen molar-refractivity contribution >= 4 is 68.2 Å². The molecule has 0 aliphatic rings. The second-order valence-corrected chi connectivity index (χ2v) is 8.66. The molecule has 0 aliphatic heterocycles. The lowest BCUT2D eigenvalue weighted by atomic mass is 10.1. The van der Waals surface area contributed by atoms with Crippen molar-refractivity contribution in [3.05, 3.63) is 57.1 Å². The van der Waals surface area contributed by atoms with Gasteiger partial charge in [-0.3, -0.25) is 9.69 Å². The Hall–Kier alpha value is -1.37. The summed E-state index contributed by atoms with van der Waals surface area (Å²) in [5, 5.41) is 1.52. The summed E-state index contributed by atoms with van der Waals surface area (Å²) in [5.74, 6) is -0.174. The summed E-state index contributed by atoms with van der Waals surface area (Å²) >= 11 is 13.8. The van der Waals surface area contributed by atoms with Gasteiger partial charge in [0, 0.05) is 18.1 Å². The normalized spacial score (nSPS) is 11.0. The molecule has 28 heavy (non-hydrogen) atoms. The quantitative estimate of drug-likeness (QED) is 0.481.